The number of hydrogen-bond donors (Lipinski definition) is 1. The molecule has 0 aliphatic heterocycles. The molecule has 0 radical (unpaired) electrons. The van der Waals surface area contributed by atoms with Gasteiger partial charge in [0, 0.05) is 19.0 Å². The molecule has 0 aliphatic rings. The summed E-state index contributed by atoms with van der Waals surface area (Å²) in [6.07, 6.45) is 2.00. The van der Waals surface area contributed by atoms with Gasteiger partial charge >= 0.3 is 0 Å². The lowest BCUT2D eigenvalue weighted by Gasteiger charge is -2.34. The standard InChI is InChI=1S/C36H41N3O6S/c1-5-27(2)37-36(41)34(24-28-13-8-6-9-14-28)38(25-29-15-12-18-33(23-29)44-3)35(40)26-39(46(4,42)43)30-19-21-32(22-20-30)45-31-16-10-7-11-17-31/h6-23,27,34H,5,24-26H2,1-4H3,(H,37,41)/t27-,34+/m1/s1. The number of ether oxygens (including phenoxy) is 2. The van der Waals surface area contributed by atoms with Gasteiger partial charge in [0.05, 0.1) is 19.1 Å². The number of methoxy groups -OCH3 is 1. The van der Waals surface area contributed by atoms with Gasteiger partial charge in [0.2, 0.25) is 21.8 Å². The molecule has 0 fully saturated rings. The molecule has 0 heterocycles. The number of carbonyl (C=O) groups is 2. The Morgan fingerprint density at radius 1 is 0.804 bits per heavy atom. The molecular weight excluding hydrogens is 602 g/mol. The van der Waals surface area contributed by atoms with E-state index in [9.17, 15) is 18.0 Å². The fraction of sp³-hybridized carbons (Fsp3) is 0.278. The van der Waals surface area contributed by atoms with Crippen LogP contribution in [-0.2, 0) is 32.6 Å². The molecule has 4 aromatic carbocycles. The number of hydrogen-bond acceptors (Lipinski definition) is 6. The van der Waals surface area contributed by atoms with Gasteiger partial charge in [-0.2, -0.15) is 0 Å². The topological polar surface area (TPSA) is 105 Å². The fourth-order valence-corrected chi connectivity index (χ4v) is 5.73. The third kappa shape index (κ3) is 9.58. The molecule has 0 spiro atoms. The number of nitrogens with one attached hydrogen (secondary N) is 1. The van der Waals surface area contributed by atoms with Gasteiger partial charge in [-0.3, -0.25) is 13.9 Å². The van der Waals surface area contributed by atoms with Crippen LogP contribution in [0.2, 0.25) is 0 Å². The zero-order valence-electron chi connectivity index (χ0n) is 26.6. The van der Waals surface area contributed by atoms with Gasteiger partial charge in [0.25, 0.3) is 0 Å². The number of amides is 2. The predicted octanol–water partition coefficient (Wildman–Crippen LogP) is 5.81. The maximum Gasteiger partial charge on any atom is 0.244 e. The largest absolute Gasteiger partial charge is 0.497 e. The first-order chi connectivity index (χ1) is 22.1. The van der Waals surface area contributed by atoms with Crippen molar-refractivity contribution in [2.24, 2.45) is 0 Å². The van der Waals surface area contributed by atoms with E-state index in [0.29, 0.717) is 29.4 Å². The highest BCUT2D eigenvalue weighted by atomic mass is 32.2. The molecule has 2 amide bonds. The van der Waals surface area contributed by atoms with E-state index >= 15 is 0 Å². The summed E-state index contributed by atoms with van der Waals surface area (Å²) in [5.41, 5.74) is 1.89. The Hall–Kier alpha value is -4.83. The zero-order valence-corrected chi connectivity index (χ0v) is 27.4. The van der Waals surface area contributed by atoms with Crippen LogP contribution in [0.4, 0.5) is 5.69 Å². The van der Waals surface area contributed by atoms with E-state index in [1.807, 2.05) is 86.6 Å². The molecule has 1 N–H and O–H groups in total. The SMILES string of the molecule is CC[C@@H](C)NC(=O)[C@H](Cc1ccccc1)N(Cc1cccc(OC)c1)C(=O)CN(c1ccc(Oc2ccccc2)cc1)S(C)(=O)=O. The summed E-state index contributed by atoms with van der Waals surface area (Å²) >= 11 is 0. The second-order valence-corrected chi connectivity index (χ2v) is 13.0. The Labute approximate surface area is 271 Å². The molecule has 0 bridgehead atoms. The maximum absolute atomic E-state index is 14.3. The predicted molar refractivity (Wildman–Crippen MR) is 181 cm³/mol. The van der Waals surface area contributed by atoms with Crippen molar-refractivity contribution < 1.29 is 27.5 Å². The van der Waals surface area contributed by atoms with Crippen LogP contribution in [0.3, 0.4) is 0 Å². The smallest absolute Gasteiger partial charge is 0.244 e. The molecule has 0 aromatic heterocycles. The van der Waals surface area contributed by atoms with Gasteiger partial charge in [-0.05, 0) is 73.0 Å². The number of carbonyl (C=O) groups excluding carboxylic acids is 2. The van der Waals surface area contributed by atoms with Crippen LogP contribution in [0.1, 0.15) is 31.4 Å². The van der Waals surface area contributed by atoms with E-state index in [1.54, 1.807) is 43.5 Å². The Bertz CT molecular complexity index is 1680. The first-order valence-electron chi connectivity index (χ1n) is 15.1. The van der Waals surface area contributed by atoms with E-state index in [2.05, 4.69) is 5.32 Å². The van der Waals surface area contributed by atoms with Crippen LogP contribution >= 0.6 is 0 Å². The monoisotopic (exact) mass is 643 g/mol. The minimum absolute atomic E-state index is 0.0584. The van der Waals surface area contributed by atoms with Gasteiger partial charge in [-0.1, -0.05) is 67.6 Å². The van der Waals surface area contributed by atoms with Crippen LogP contribution in [0, 0.1) is 0 Å². The summed E-state index contributed by atoms with van der Waals surface area (Å²) in [6.45, 7) is 3.42. The number of benzene rings is 4. The van der Waals surface area contributed by atoms with E-state index in [-0.39, 0.29) is 24.9 Å². The summed E-state index contributed by atoms with van der Waals surface area (Å²) < 4.78 is 38.5. The molecule has 10 heteroatoms. The Morgan fingerprint density at radius 3 is 2.00 bits per heavy atom. The molecule has 0 saturated carbocycles. The van der Waals surface area contributed by atoms with E-state index in [0.717, 1.165) is 21.7 Å². The van der Waals surface area contributed by atoms with Gasteiger partial charge in [0.1, 0.15) is 29.8 Å². The van der Waals surface area contributed by atoms with Crippen molar-refractivity contribution in [1.82, 2.24) is 10.2 Å². The quantitative estimate of drug-likeness (QED) is 0.175. The molecule has 0 unspecified atom stereocenters. The summed E-state index contributed by atoms with van der Waals surface area (Å²) in [5.74, 6) is 0.905. The Morgan fingerprint density at radius 2 is 1.39 bits per heavy atom. The van der Waals surface area contributed by atoms with Crippen molar-refractivity contribution in [3.8, 4) is 17.2 Å². The third-order valence-electron chi connectivity index (χ3n) is 7.54. The first-order valence-corrected chi connectivity index (χ1v) is 17.0. The summed E-state index contributed by atoms with van der Waals surface area (Å²) in [4.78, 5) is 29.6. The highest BCUT2D eigenvalue weighted by molar-refractivity contribution is 7.92. The molecule has 4 rings (SSSR count). The number of anilines is 1. The average molecular weight is 644 g/mol. The van der Waals surface area contributed by atoms with Crippen LogP contribution in [-0.4, -0.2) is 57.1 Å². The maximum atomic E-state index is 14.3. The summed E-state index contributed by atoms with van der Waals surface area (Å²) in [7, 11) is -2.35. The second-order valence-electron chi connectivity index (χ2n) is 11.1. The molecule has 242 valence electrons. The van der Waals surface area contributed by atoms with Gasteiger partial charge < -0.3 is 19.7 Å². The average Bonchev–Trinajstić information content (AvgIpc) is 3.06. The summed E-state index contributed by atoms with van der Waals surface area (Å²) in [6, 6.07) is 31.4. The molecule has 4 aromatic rings. The lowest BCUT2D eigenvalue weighted by atomic mass is 10.0. The van der Waals surface area contributed by atoms with E-state index < -0.39 is 28.5 Å². The van der Waals surface area contributed by atoms with Crippen molar-refractivity contribution in [3.63, 3.8) is 0 Å². The molecular formula is C36H41N3O6S. The van der Waals surface area contributed by atoms with Crippen LogP contribution in [0.25, 0.3) is 0 Å². The molecule has 9 nitrogen and oxygen atoms in total. The number of para-hydroxylation sites is 1. The number of rotatable bonds is 15. The van der Waals surface area contributed by atoms with E-state index in [4.69, 9.17) is 9.47 Å². The molecule has 0 saturated heterocycles. The third-order valence-corrected chi connectivity index (χ3v) is 8.68. The zero-order chi connectivity index (χ0) is 33.1. The van der Waals surface area contributed by atoms with Crippen LogP contribution in [0.5, 0.6) is 17.2 Å². The van der Waals surface area contributed by atoms with Crippen molar-refractivity contribution in [2.75, 3.05) is 24.2 Å². The molecule has 2 atom stereocenters. The van der Waals surface area contributed by atoms with E-state index in [1.165, 1.54) is 4.90 Å². The second kappa shape index (κ2) is 15.9. The minimum atomic E-state index is -3.91. The van der Waals surface area contributed by atoms with Crippen molar-refractivity contribution in [2.45, 2.75) is 45.3 Å². The van der Waals surface area contributed by atoms with Crippen molar-refractivity contribution in [3.05, 3.63) is 120 Å². The lowest BCUT2D eigenvalue weighted by molar-refractivity contribution is -0.140. The fourth-order valence-electron chi connectivity index (χ4n) is 4.88. The summed E-state index contributed by atoms with van der Waals surface area (Å²) in [5, 5.41) is 3.03. The minimum Gasteiger partial charge on any atom is -0.497 e. The van der Waals surface area contributed by atoms with Crippen LogP contribution in [0.15, 0.2) is 109 Å². The first kappa shape index (κ1) is 34.1. The highest BCUT2D eigenvalue weighted by Crippen LogP contribution is 2.26. The number of sulfonamides is 1. The van der Waals surface area contributed by atoms with Gasteiger partial charge in [0.15, 0.2) is 0 Å². The lowest BCUT2D eigenvalue weighted by Crippen LogP contribution is -2.54. The van der Waals surface area contributed by atoms with Crippen molar-refractivity contribution in [1.29, 1.82) is 0 Å². The van der Waals surface area contributed by atoms with Gasteiger partial charge in [-0.15, -0.1) is 0 Å². The van der Waals surface area contributed by atoms with Gasteiger partial charge in [-0.25, -0.2) is 8.42 Å². The van der Waals surface area contributed by atoms with Crippen molar-refractivity contribution >= 4 is 27.5 Å². The van der Waals surface area contributed by atoms with Crippen LogP contribution < -0.4 is 19.1 Å². The highest BCUT2D eigenvalue weighted by Gasteiger charge is 2.33. The molecule has 46 heavy (non-hydrogen) atoms. The number of nitrogens with zero attached hydrogens (tertiary/aromatic N) is 2. The Kier molecular flexibility index (Phi) is 11.8. The molecule has 0 aliphatic carbocycles. The Balaban J connectivity index is 1.69. The normalized spacial score (nSPS) is 12.4.